The number of amides is 1. The molecule has 0 unspecified atom stereocenters. The lowest BCUT2D eigenvalue weighted by Crippen LogP contribution is -2.32. The second-order valence-corrected chi connectivity index (χ2v) is 5.28. The number of carbonyl (C=O) groups is 1. The van der Waals surface area contributed by atoms with Crippen molar-refractivity contribution >= 4 is 17.2 Å². The van der Waals surface area contributed by atoms with Crippen molar-refractivity contribution in [3.63, 3.8) is 0 Å². The zero-order valence-electron chi connectivity index (χ0n) is 10.9. The largest absolute Gasteiger partial charge is 0.350 e. The summed E-state index contributed by atoms with van der Waals surface area (Å²) in [5, 5.41) is 8.20. The molecule has 0 bridgehead atoms. The molecule has 1 rings (SSSR count). The first-order valence-corrected chi connectivity index (χ1v) is 7.11. The normalized spacial score (nSPS) is 10.8. The van der Waals surface area contributed by atoms with Crippen molar-refractivity contribution in [3.05, 3.63) is 21.9 Å². The molecule has 0 saturated carbocycles. The number of nitrogens with one attached hydrogen (secondary N) is 2. The molecule has 0 aliphatic heterocycles. The Labute approximate surface area is 108 Å². The highest BCUT2D eigenvalue weighted by atomic mass is 32.1. The second kappa shape index (κ2) is 7.45. The fraction of sp³-hybridized carbons (Fsp3) is 0.615. The van der Waals surface area contributed by atoms with Gasteiger partial charge in [-0.15, -0.1) is 11.3 Å². The van der Waals surface area contributed by atoms with Gasteiger partial charge < -0.3 is 10.6 Å². The van der Waals surface area contributed by atoms with Crippen LogP contribution in [-0.4, -0.2) is 25.5 Å². The van der Waals surface area contributed by atoms with Gasteiger partial charge in [-0.3, -0.25) is 4.79 Å². The van der Waals surface area contributed by atoms with Crippen LogP contribution in [0, 0.1) is 0 Å². The lowest BCUT2D eigenvalue weighted by atomic mass is 10.0. The molecular formula is C13H22N2OS. The minimum absolute atomic E-state index is 0.0574. The number of hydrogen-bond acceptors (Lipinski definition) is 3. The van der Waals surface area contributed by atoms with Gasteiger partial charge in [0.05, 0.1) is 4.88 Å². The van der Waals surface area contributed by atoms with Crippen molar-refractivity contribution in [2.45, 2.75) is 33.1 Å². The molecule has 0 saturated heterocycles. The molecule has 0 fully saturated rings. The van der Waals surface area contributed by atoms with Crippen molar-refractivity contribution in [2.24, 2.45) is 0 Å². The van der Waals surface area contributed by atoms with Crippen LogP contribution in [0.4, 0.5) is 0 Å². The van der Waals surface area contributed by atoms with E-state index < -0.39 is 0 Å². The average molecular weight is 254 g/mol. The van der Waals surface area contributed by atoms with Crippen LogP contribution in [0.5, 0.6) is 0 Å². The van der Waals surface area contributed by atoms with Crippen LogP contribution in [0.3, 0.4) is 0 Å². The van der Waals surface area contributed by atoms with Crippen molar-refractivity contribution < 1.29 is 4.79 Å². The monoisotopic (exact) mass is 254 g/mol. The van der Waals surface area contributed by atoms with Crippen LogP contribution in [0.15, 0.2) is 11.4 Å². The van der Waals surface area contributed by atoms with E-state index in [1.165, 1.54) is 11.3 Å². The molecule has 0 radical (unpaired) electrons. The molecule has 1 aromatic rings. The molecule has 0 spiro atoms. The van der Waals surface area contributed by atoms with E-state index in [0.717, 1.165) is 30.0 Å². The van der Waals surface area contributed by atoms with E-state index in [2.05, 4.69) is 31.4 Å². The van der Waals surface area contributed by atoms with Crippen LogP contribution in [0.1, 0.15) is 48.3 Å². The third-order valence-corrected chi connectivity index (χ3v) is 3.47. The minimum Gasteiger partial charge on any atom is -0.350 e. The summed E-state index contributed by atoms with van der Waals surface area (Å²) in [6, 6.07) is 2.04. The molecule has 96 valence electrons. The maximum atomic E-state index is 11.9. The van der Waals surface area contributed by atoms with Gasteiger partial charge in [-0.05, 0) is 35.9 Å². The number of hydrogen-bond donors (Lipinski definition) is 2. The Hall–Kier alpha value is -0.870. The second-order valence-electron chi connectivity index (χ2n) is 4.37. The van der Waals surface area contributed by atoms with E-state index in [4.69, 9.17) is 0 Å². The minimum atomic E-state index is 0.0574. The summed E-state index contributed by atoms with van der Waals surface area (Å²) >= 11 is 1.52. The fourth-order valence-corrected chi connectivity index (χ4v) is 2.57. The van der Waals surface area contributed by atoms with Gasteiger partial charge in [0.2, 0.25) is 0 Å². The molecule has 0 atom stereocenters. The van der Waals surface area contributed by atoms with Gasteiger partial charge in [0.25, 0.3) is 5.91 Å². The molecule has 3 nitrogen and oxygen atoms in total. The topological polar surface area (TPSA) is 41.1 Å². The summed E-state index contributed by atoms with van der Waals surface area (Å²) in [5.41, 5.74) is 1.15. The van der Waals surface area contributed by atoms with Gasteiger partial charge in [-0.1, -0.05) is 20.8 Å². The summed E-state index contributed by atoms with van der Waals surface area (Å²) in [6.07, 6.45) is 1.12. The van der Waals surface area contributed by atoms with E-state index in [-0.39, 0.29) is 5.91 Å². The van der Waals surface area contributed by atoms with Crippen LogP contribution in [0.25, 0.3) is 0 Å². The SMILES string of the molecule is CCCNCCNC(=O)c1sccc1C(C)C. The van der Waals surface area contributed by atoms with E-state index in [1.807, 2.05) is 11.4 Å². The maximum Gasteiger partial charge on any atom is 0.261 e. The van der Waals surface area contributed by atoms with Crippen molar-refractivity contribution in [3.8, 4) is 0 Å². The third-order valence-electron chi connectivity index (χ3n) is 2.54. The highest BCUT2D eigenvalue weighted by Gasteiger charge is 2.14. The van der Waals surface area contributed by atoms with Gasteiger partial charge >= 0.3 is 0 Å². The predicted molar refractivity (Wildman–Crippen MR) is 73.9 cm³/mol. The molecular weight excluding hydrogens is 232 g/mol. The first-order valence-electron chi connectivity index (χ1n) is 6.23. The van der Waals surface area contributed by atoms with E-state index in [9.17, 15) is 4.79 Å². The van der Waals surface area contributed by atoms with Crippen molar-refractivity contribution in [2.75, 3.05) is 19.6 Å². The van der Waals surface area contributed by atoms with E-state index >= 15 is 0 Å². The van der Waals surface area contributed by atoms with E-state index in [0.29, 0.717) is 12.5 Å². The Morgan fingerprint density at radius 2 is 2.12 bits per heavy atom. The summed E-state index contributed by atoms with van der Waals surface area (Å²) in [6.45, 7) is 8.89. The lowest BCUT2D eigenvalue weighted by Gasteiger charge is -2.08. The molecule has 2 N–H and O–H groups in total. The molecule has 4 heteroatoms. The highest BCUT2D eigenvalue weighted by Crippen LogP contribution is 2.24. The van der Waals surface area contributed by atoms with Crippen LogP contribution in [0.2, 0.25) is 0 Å². The van der Waals surface area contributed by atoms with Crippen LogP contribution in [-0.2, 0) is 0 Å². The van der Waals surface area contributed by atoms with Gasteiger partial charge in [-0.2, -0.15) is 0 Å². The summed E-state index contributed by atoms with van der Waals surface area (Å²) in [4.78, 5) is 12.8. The van der Waals surface area contributed by atoms with Crippen LogP contribution >= 0.6 is 11.3 Å². The zero-order valence-corrected chi connectivity index (χ0v) is 11.7. The fourth-order valence-electron chi connectivity index (χ4n) is 1.60. The molecule has 0 aliphatic carbocycles. The molecule has 1 aromatic heterocycles. The number of carbonyl (C=O) groups excluding carboxylic acids is 1. The zero-order chi connectivity index (χ0) is 12.7. The summed E-state index contributed by atoms with van der Waals surface area (Å²) < 4.78 is 0. The van der Waals surface area contributed by atoms with Gasteiger partial charge in [0.1, 0.15) is 0 Å². The Morgan fingerprint density at radius 1 is 1.35 bits per heavy atom. The highest BCUT2D eigenvalue weighted by molar-refractivity contribution is 7.12. The Balaban J connectivity index is 2.39. The van der Waals surface area contributed by atoms with Crippen LogP contribution < -0.4 is 10.6 Å². The summed E-state index contributed by atoms with van der Waals surface area (Å²) in [5.74, 6) is 0.460. The van der Waals surface area contributed by atoms with Crippen molar-refractivity contribution in [1.29, 1.82) is 0 Å². The quantitative estimate of drug-likeness (QED) is 0.734. The van der Waals surface area contributed by atoms with Gasteiger partial charge in [0.15, 0.2) is 0 Å². The Morgan fingerprint density at radius 3 is 2.76 bits per heavy atom. The van der Waals surface area contributed by atoms with Gasteiger partial charge in [-0.25, -0.2) is 0 Å². The smallest absolute Gasteiger partial charge is 0.261 e. The molecule has 0 aromatic carbocycles. The van der Waals surface area contributed by atoms with E-state index in [1.54, 1.807) is 0 Å². The van der Waals surface area contributed by atoms with Gasteiger partial charge in [0, 0.05) is 13.1 Å². The average Bonchev–Trinajstić information content (AvgIpc) is 2.77. The third kappa shape index (κ3) is 4.48. The Bertz CT molecular complexity index is 347. The molecule has 1 heterocycles. The first kappa shape index (κ1) is 14.2. The molecule has 17 heavy (non-hydrogen) atoms. The molecule has 0 aliphatic rings. The lowest BCUT2D eigenvalue weighted by molar-refractivity contribution is 0.0957. The Kier molecular flexibility index (Phi) is 6.22. The summed E-state index contributed by atoms with van der Waals surface area (Å²) in [7, 11) is 0. The maximum absolute atomic E-state index is 11.9. The molecule has 1 amide bonds. The predicted octanol–water partition coefficient (Wildman–Crippen LogP) is 2.60. The van der Waals surface area contributed by atoms with Crippen molar-refractivity contribution in [1.82, 2.24) is 10.6 Å². The standard InChI is InChI=1S/C13H22N2OS/c1-4-6-14-7-8-15-13(16)12-11(10(2)3)5-9-17-12/h5,9-10,14H,4,6-8H2,1-3H3,(H,15,16). The number of thiophene rings is 1. The first-order chi connectivity index (χ1) is 8.16. The number of rotatable bonds is 7.